The Morgan fingerprint density at radius 3 is 2.50 bits per heavy atom. The molecule has 2 nitrogen and oxygen atoms in total. The summed E-state index contributed by atoms with van der Waals surface area (Å²) >= 11 is 3.64. The van der Waals surface area contributed by atoms with Crippen LogP contribution in [0.1, 0.15) is 49.0 Å². The third-order valence-electron chi connectivity index (χ3n) is 3.90. The first kappa shape index (κ1) is 15.3. The van der Waals surface area contributed by atoms with E-state index in [2.05, 4.69) is 77.9 Å². The summed E-state index contributed by atoms with van der Waals surface area (Å²) in [4.78, 5) is 0. The Hall–Kier alpha value is -1.09. The first-order valence-corrected chi connectivity index (χ1v) is 8.42. The molecule has 0 fully saturated rings. The summed E-state index contributed by atoms with van der Waals surface area (Å²) < 4.78 is 2.08. The summed E-state index contributed by atoms with van der Waals surface area (Å²) in [5.41, 5.74) is 3.86. The van der Waals surface area contributed by atoms with E-state index in [1.165, 1.54) is 16.8 Å². The highest BCUT2D eigenvalue weighted by atomic mass is 79.9. The van der Waals surface area contributed by atoms with Crippen molar-refractivity contribution in [3.8, 4) is 0 Å². The second-order valence-electron chi connectivity index (χ2n) is 5.51. The lowest BCUT2D eigenvalue weighted by Gasteiger charge is -2.14. The van der Waals surface area contributed by atoms with Crippen molar-refractivity contribution in [1.29, 1.82) is 0 Å². The summed E-state index contributed by atoms with van der Waals surface area (Å²) in [7, 11) is 0. The number of nitrogens with zero attached hydrogens (tertiary/aromatic N) is 2. The van der Waals surface area contributed by atoms with Crippen LogP contribution in [0.4, 0.5) is 0 Å². The van der Waals surface area contributed by atoms with Crippen molar-refractivity contribution in [2.24, 2.45) is 0 Å². The molecule has 0 bridgehead atoms. The number of halogens is 1. The van der Waals surface area contributed by atoms with Crippen molar-refractivity contribution in [3.05, 3.63) is 53.3 Å². The average molecular weight is 335 g/mol. The SMILES string of the molecule is CCC(C)n1ccc(CC(CBr)c2ccc(C)cc2)n1. The lowest BCUT2D eigenvalue weighted by atomic mass is 9.95. The standard InChI is InChI=1S/C17H23BrN2/c1-4-14(3)20-10-9-17(19-20)11-16(12-18)15-7-5-13(2)6-8-15/h5-10,14,16H,4,11-12H2,1-3H3. The van der Waals surface area contributed by atoms with Gasteiger partial charge in [0.25, 0.3) is 0 Å². The molecular weight excluding hydrogens is 312 g/mol. The van der Waals surface area contributed by atoms with Gasteiger partial charge in [0.05, 0.1) is 5.69 Å². The minimum absolute atomic E-state index is 0.477. The van der Waals surface area contributed by atoms with Crippen LogP contribution in [0.3, 0.4) is 0 Å². The van der Waals surface area contributed by atoms with Gasteiger partial charge < -0.3 is 0 Å². The van der Waals surface area contributed by atoms with Crippen LogP contribution in [0.2, 0.25) is 0 Å². The van der Waals surface area contributed by atoms with E-state index in [1.807, 2.05) is 0 Å². The van der Waals surface area contributed by atoms with Crippen molar-refractivity contribution in [3.63, 3.8) is 0 Å². The van der Waals surface area contributed by atoms with Gasteiger partial charge in [-0.1, -0.05) is 52.7 Å². The summed E-state index contributed by atoms with van der Waals surface area (Å²) in [6.07, 6.45) is 4.20. The smallest absolute Gasteiger partial charge is 0.0631 e. The molecule has 0 saturated heterocycles. The van der Waals surface area contributed by atoms with Gasteiger partial charge in [0.15, 0.2) is 0 Å². The zero-order chi connectivity index (χ0) is 14.5. The van der Waals surface area contributed by atoms with Crippen LogP contribution in [-0.4, -0.2) is 15.1 Å². The zero-order valence-corrected chi connectivity index (χ0v) is 14.1. The molecule has 2 unspecified atom stereocenters. The van der Waals surface area contributed by atoms with Gasteiger partial charge in [-0.05, 0) is 44.2 Å². The van der Waals surface area contributed by atoms with Gasteiger partial charge in [0, 0.05) is 17.6 Å². The van der Waals surface area contributed by atoms with Gasteiger partial charge in [-0.2, -0.15) is 5.10 Å². The molecule has 108 valence electrons. The van der Waals surface area contributed by atoms with Crippen LogP contribution in [-0.2, 0) is 6.42 Å². The Bertz CT molecular complexity index is 530. The number of benzene rings is 1. The molecular formula is C17H23BrN2. The second-order valence-corrected chi connectivity index (χ2v) is 6.16. The van der Waals surface area contributed by atoms with Crippen LogP contribution in [0.15, 0.2) is 36.5 Å². The Morgan fingerprint density at radius 1 is 1.20 bits per heavy atom. The monoisotopic (exact) mass is 334 g/mol. The van der Waals surface area contributed by atoms with E-state index in [0.717, 1.165) is 18.2 Å². The van der Waals surface area contributed by atoms with E-state index >= 15 is 0 Å². The van der Waals surface area contributed by atoms with Crippen molar-refractivity contribution >= 4 is 15.9 Å². The summed E-state index contributed by atoms with van der Waals surface area (Å²) in [5, 5.41) is 5.67. The molecule has 0 aliphatic carbocycles. The van der Waals surface area contributed by atoms with Crippen molar-refractivity contribution in [2.45, 2.75) is 45.6 Å². The number of alkyl halides is 1. The van der Waals surface area contributed by atoms with Gasteiger partial charge >= 0.3 is 0 Å². The van der Waals surface area contributed by atoms with E-state index < -0.39 is 0 Å². The van der Waals surface area contributed by atoms with Crippen molar-refractivity contribution in [1.82, 2.24) is 9.78 Å². The zero-order valence-electron chi connectivity index (χ0n) is 12.5. The summed E-state index contributed by atoms with van der Waals surface area (Å²) in [5.74, 6) is 0.482. The normalized spacial score (nSPS) is 14.2. The number of aromatic nitrogens is 2. The van der Waals surface area contributed by atoms with E-state index in [-0.39, 0.29) is 0 Å². The molecule has 1 aromatic carbocycles. The molecule has 1 heterocycles. The fraction of sp³-hybridized carbons (Fsp3) is 0.471. The molecule has 0 N–H and O–H groups in total. The lowest BCUT2D eigenvalue weighted by molar-refractivity contribution is 0.472. The number of hydrogen-bond acceptors (Lipinski definition) is 1. The van der Waals surface area contributed by atoms with Gasteiger partial charge in [0.2, 0.25) is 0 Å². The third kappa shape index (κ3) is 3.72. The van der Waals surface area contributed by atoms with Gasteiger partial charge in [-0.25, -0.2) is 0 Å². The second kappa shape index (κ2) is 7.07. The first-order chi connectivity index (χ1) is 9.63. The predicted octanol–water partition coefficient (Wildman–Crippen LogP) is 4.88. The summed E-state index contributed by atoms with van der Waals surface area (Å²) in [6, 6.07) is 11.5. The molecule has 20 heavy (non-hydrogen) atoms. The highest BCUT2D eigenvalue weighted by Gasteiger charge is 2.13. The number of hydrogen-bond donors (Lipinski definition) is 0. The maximum absolute atomic E-state index is 4.71. The van der Waals surface area contributed by atoms with Crippen LogP contribution < -0.4 is 0 Å². The van der Waals surface area contributed by atoms with Crippen LogP contribution >= 0.6 is 15.9 Å². The summed E-state index contributed by atoms with van der Waals surface area (Å²) in [6.45, 7) is 6.53. The van der Waals surface area contributed by atoms with Crippen LogP contribution in [0.25, 0.3) is 0 Å². The molecule has 1 aromatic heterocycles. The largest absolute Gasteiger partial charge is 0.270 e. The number of aryl methyl sites for hydroxylation is 1. The fourth-order valence-corrected chi connectivity index (χ4v) is 2.87. The number of rotatable bonds is 6. The van der Waals surface area contributed by atoms with E-state index in [0.29, 0.717) is 12.0 Å². The molecule has 0 aliphatic heterocycles. The molecule has 2 rings (SSSR count). The van der Waals surface area contributed by atoms with Crippen LogP contribution in [0, 0.1) is 6.92 Å². The van der Waals surface area contributed by atoms with Crippen LogP contribution in [0.5, 0.6) is 0 Å². The molecule has 2 atom stereocenters. The fourth-order valence-electron chi connectivity index (χ4n) is 2.27. The highest BCUT2D eigenvalue weighted by molar-refractivity contribution is 9.09. The van der Waals surface area contributed by atoms with Gasteiger partial charge in [-0.15, -0.1) is 0 Å². The lowest BCUT2D eigenvalue weighted by Crippen LogP contribution is -2.08. The topological polar surface area (TPSA) is 17.8 Å². The minimum atomic E-state index is 0.477. The molecule has 0 spiro atoms. The highest BCUT2D eigenvalue weighted by Crippen LogP contribution is 2.23. The van der Waals surface area contributed by atoms with Gasteiger partial charge in [0.1, 0.15) is 0 Å². The van der Waals surface area contributed by atoms with Crippen molar-refractivity contribution < 1.29 is 0 Å². The van der Waals surface area contributed by atoms with E-state index in [1.54, 1.807) is 0 Å². The Morgan fingerprint density at radius 2 is 1.90 bits per heavy atom. The Labute approximate surface area is 130 Å². The first-order valence-electron chi connectivity index (χ1n) is 7.30. The predicted molar refractivity (Wildman–Crippen MR) is 88.6 cm³/mol. The average Bonchev–Trinajstić information content (AvgIpc) is 2.93. The molecule has 0 saturated carbocycles. The molecule has 0 amide bonds. The Balaban J connectivity index is 2.10. The minimum Gasteiger partial charge on any atom is -0.270 e. The molecule has 0 aliphatic rings. The van der Waals surface area contributed by atoms with E-state index in [4.69, 9.17) is 5.10 Å². The molecule has 2 aromatic rings. The third-order valence-corrected chi connectivity index (χ3v) is 4.68. The molecule has 3 heteroatoms. The van der Waals surface area contributed by atoms with Gasteiger partial charge in [-0.3, -0.25) is 4.68 Å². The maximum atomic E-state index is 4.71. The Kier molecular flexibility index (Phi) is 5.41. The molecule has 0 radical (unpaired) electrons. The maximum Gasteiger partial charge on any atom is 0.0631 e. The quantitative estimate of drug-likeness (QED) is 0.688. The van der Waals surface area contributed by atoms with E-state index in [9.17, 15) is 0 Å². The van der Waals surface area contributed by atoms with Crippen molar-refractivity contribution in [2.75, 3.05) is 5.33 Å².